The molecular weight excluding hydrogens is 312 g/mol. The average molecular weight is 347 g/mol. The van der Waals surface area contributed by atoms with Crippen LogP contribution in [-0.2, 0) is 14.3 Å². The Kier molecular flexibility index (Phi) is 4.38. The lowest BCUT2D eigenvalue weighted by Gasteiger charge is -2.62. The maximum atomic E-state index is 12.9. The molecule has 4 aliphatic carbocycles. The Morgan fingerprint density at radius 1 is 1.12 bits per heavy atom. The summed E-state index contributed by atoms with van der Waals surface area (Å²) in [6, 6.07) is 0. The average Bonchev–Trinajstić information content (AvgIpc) is 3.00. The number of rotatable bonds is 3. The van der Waals surface area contributed by atoms with Crippen molar-refractivity contribution in [2.45, 2.75) is 77.7 Å². The van der Waals surface area contributed by atoms with Gasteiger partial charge in [-0.15, -0.1) is 0 Å². The van der Waals surface area contributed by atoms with Crippen molar-refractivity contribution in [3.05, 3.63) is 0 Å². The second kappa shape index (κ2) is 6.18. The minimum absolute atomic E-state index is 0.0921. The van der Waals surface area contributed by atoms with E-state index in [1.54, 1.807) is 6.92 Å². The Balaban J connectivity index is 1.77. The molecule has 3 nitrogen and oxygen atoms in total. The second-order valence-corrected chi connectivity index (χ2v) is 9.72. The number of fused-ring (bicyclic) bond motifs is 5. The fourth-order valence-corrected chi connectivity index (χ4v) is 8.15. The van der Waals surface area contributed by atoms with E-state index in [1.165, 1.54) is 38.5 Å². The number of carbonyl (C=O) groups excluding carboxylic acids is 2. The van der Waals surface area contributed by atoms with Gasteiger partial charge < -0.3 is 9.53 Å². The Hall–Kier alpha value is -0.700. The largest absolute Gasteiger partial charge is 0.381 e. The first-order valence-electron chi connectivity index (χ1n) is 10.5. The van der Waals surface area contributed by atoms with E-state index in [1.807, 2.05) is 7.11 Å². The molecule has 3 heteroatoms. The Morgan fingerprint density at radius 3 is 2.60 bits per heavy atom. The van der Waals surface area contributed by atoms with Crippen molar-refractivity contribution in [1.82, 2.24) is 0 Å². The zero-order valence-electron chi connectivity index (χ0n) is 16.1. The summed E-state index contributed by atoms with van der Waals surface area (Å²) in [7, 11) is 1.83. The molecule has 0 radical (unpaired) electrons. The van der Waals surface area contributed by atoms with Crippen LogP contribution in [0.4, 0.5) is 0 Å². The molecule has 0 aromatic carbocycles. The van der Waals surface area contributed by atoms with Gasteiger partial charge in [-0.05, 0) is 81.0 Å². The maximum Gasteiger partial charge on any atom is 0.137 e. The highest BCUT2D eigenvalue weighted by atomic mass is 16.5. The molecule has 4 fully saturated rings. The molecule has 0 heterocycles. The van der Waals surface area contributed by atoms with Crippen LogP contribution in [0.3, 0.4) is 0 Å². The van der Waals surface area contributed by atoms with Gasteiger partial charge >= 0.3 is 0 Å². The molecule has 0 saturated heterocycles. The van der Waals surface area contributed by atoms with E-state index in [4.69, 9.17) is 4.74 Å². The lowest BCUT2D eigenvalue weighted by Crippen LogP contribution is -2.61. The predicted octanol–water partition coefficient (Wildman–Crippen LogP) is 4.43. The standard InChI is InChI=1S/C22H34O3/c1-14(24)22-12-19(25-3)20-17(18(22)10-8-16(22)13-23)9-7-15-6-4-5-11-21(15,20)2/h13,15-20H,4-12H2,1-3H3/t15-,16-,17+,18+,19+,20-,21+,22+/m1/s1. The normalized spacial score (nSPS) is 52.0. The summed E-state index contributed by atoms with van der Waals surface area (Å²) in [6.07, 6.45) is 11.9. The Bertz CT molecular complexity index is 557. The lowest BCUT2D eigenvalue weighted by atomic mass is 9.43. The first kappa shape index (κ1) is 17.7. The van der Waals surface area contributed by atoms with Crippen LogP contribution in [0.1, 0.15) is 71.6 Å². The van der Waals surface area contributed by atoms with Crippen molar-refractivity contribution in [2.24, 2.45) is 40.4 Å². The lowest BCUT2D eigenvalue weighted by molar-refractivity contribution is -0.185. The summed E-state index contributed by atoms with van der Waals surface area (Å²) in [5.74, 6) is 2.50. The van der Waals surface area contributed by atoms with Gasteiger partial charge in [0.2, 0.25) is 0 Å². The zero-order valence-corrected chi connectivity index (χ0v) is 16.1. The molecule has 0 aliphatic heterocycles. The molecule has 0 aromatic heterocycles. The van der Waals surface area contributed by atoms with Crippen molar-refractivity contribution in [3.8, 4) is 0 Å². The van der Waals surface area contributed by atoms with Crippen LogP contribution in [0.25, 0.3) is 0 Å². The van der Waals surface area contributed by atoms with E-state index in [9.17, 15) is 9.59 Å². The SMILES string of the molecule is CO[C@H]1C[C@]2(C(C)=O)[C@@H](C=O)CC[C@H]2[C@@H]2CC[C@H]3CCCC[C@]3(C)[C@H]21. The molecule has 25 heavy (non-hydrogen) atoms. The number of aldehydes is 1. The number of carbonyl (C=O) groups is 2. The second-order valence-electron chi connectivity index (χ2n) is 9.72. The molecule has 4 rings (SSSR count). The summed E-state index contributed by atoms with van der Waals surface area (Å²) >= 11 is 0. The third-order valence-electron chi connectivity index (χ3n) is 9.21. The molecule has 0 unspecified atom stereocenters. The molecule has 0 spiro atoms. The van der Waals surface area contributed by atoms with Gasteiger partial charge in [0.15, 0.2) is 0 Å². The molecule has 0 N–H and O–H groups in total. The molecule has 0 bridgehead atoms. The van der Waals surface area contributed by atoms with Crippen molar-refractivity contribution in [3.63, 3.8) is 0 Å². The maximum absolute atomic E-state index is 12.9. The smallest absolute Gasteiger partial charge is 0.137 e. The summed E-state index contributed by atoms with van der Waals surface area (Å²) in [5, 5.41) is 0. The first-order chi connectivity index (χ1) is 12.0. The number of hydrogen-bond acceptors (Lipinski definition) is 3. The van der Waals surface area contributed by atoms with Crippen molar-refractivity contribution < 1.29 is 14.3 Å². The van der Waals surface area contributed by atoms with Crippen molar-refractivity contribution >= 4 is 12.1 Å². The zero-order chi connectivity index (χ0) is 17.8. The van der Waals surface area contributed by atoms with E-state index >= 15 is 0 Å². The monoisotopic (exact) mass is 346 g/mol. The summed E-state index contributed by atoms with van der Waals surface area (Å²) in [4.78, 5) is 24.7. The molecule has 0 amide bonds. The number of methoxy groups -OCH3 is 1. The van der Waals surface area contributed by atoms with Crippen LogP contribution >= 0.6 is 0 Å². The highest BCUT2D eigenvalue weighted by Crippen LogP contribution is 2.67. The molecule has 4 saturated carbocycles. The molecule has 8 atom stereocenters. The van der Waals surface area contributed by atoms with E-state index < -0.39 is 5.41 Å². The fraction of sp³-hybridized carbons (Fsp3) is 0.909. The Labute approximate surface area is 152 Å². The minimum Gasteiger partial charge on any atom is -0.381 e. The third-order valence-corrected chi connectivity index (χ3v) is 9.21. The van der Waals surface area contributed by atoms with Gasteiger partial charge in [-0.2, -0.15) is 0 Å². The van der Waals surface area contributed by atoms with E-state index in [2.05, 4.69) is 6.92 Å². The van der Waals surface area contributed by atoms with Gasteiger partial charge in [0.25, 0.3) is 0 Å². The molecule has 140 valence electrons. The van der Waals surface area contributed by atoms with Crippen LogP contribution in [0, 0.1) is 40.4 Å². The fourth-order valence-electron chi connectivity index (χ4n) is 8.15. The van der Waals surface area contributed by atoms with Crippen LogP contribution in [-0.4, -0.2) is 25.3 Å². The van der Waals surface area contributed by atoms with Crippen LogP contribution < -0.4 is 0 Å². The highest BCUT2D eigenvalue weighted by molar-refractivity contribution is 5.87. The highest BCUT2D eigenvalue weighted by Gasteiger charge is 2.66. The third kappa shape index (κ3) is 2.27. The van der Waals surface area contributed by atoms with Gasteiger partial charge in [-0.3, -0.25) is 4.79 Å². The van der Waals surface area contributed by atoms with E-state index in [-0.39, 0.29) is 17.8 Å². The Morgan fingerprint density at radius 2 is 1.92 bits per heavy atom. The van der Waals surface area contributed by atoms with Crippen LogP contribution in [0.15, 0.2) is 0 Å². The summed E-state index contributed by atoms with van der Waals surface area (Å²) in [5.41, 5.74) is -0.0779. The van der Waals surface area contributed by atoms with Crippen LogP contribution in [0.2, 0.25) is 0 Å². The first-order valence-corrected chi connectivity index (χ1v) is 10.5. The van der Waals surface area contributed by atoms with Gasteiger partial charge in [0.1, 0.15) is 12.1 Å². The van der Waals surface area contributed by atoms with Gasteiger partial charge in [-0.25, -0.2) is 0 Å². The summed E-state index contributed by atoms with van der Waals surface area (Å²) in [6.45, 7) is 4.25. The molecule has 0 aromatic rings. The van der Waals surface area contributed by atoms with Crippen LogP contribution in [0.5, 0.6) is 0 Å². The number of ketones is 1. The predicted molar refractivity (Wildman–Crippen MR) is 97.1 cm³/mol. The molecule has 4 aliphatic rings. The minimum atomic E-state index is -0.443. The van der Waals surface area contributed by atoms with Gasteiger partial charge in [0, 0.05) is 18.4 Å². The van der Waals surface area contributed by atoms with Gasteiger partial charge in [-0.1, -0.05) is 19.8 Å². The molecular formula is C22H34O3. The topological polar surface area (TPSA) is 43.4 Å². The number of ether oxygens (including phenoxy) is 1. The van der Waals surface area contributed by atoms with E-state index in [0.29, 0.717) is 23.2 Å². The van der Waals surface area contributed by atoms with Crippen molar-refractivity contribution in [1.29, 1.82) is 0 Å². The van der Waals surface area contributed by atoms with Gasteiger partial charge in [0.05, 0.1) is 6.10 Å². The summed E-state index contributed by atoms with van der Waals surface area (Å²) < 4.78 is 6.08. The van der Waals surface area contributed by atoms with Crippen molar-refractivity contribution in [2.75, 3.05) is 7.11 Å². The van der Waals surface area contributed by atoms with E-state index in [0.717, 1.165) is 31.5 Å². The number of hydrogen-bond donors (Lipinski definition) is 0. The number of Topliss-reactive ketones (excluding diaryl/α,β-unsaturated/α-hetero) is 1. The quantitative estimate of drug-likeness (QED) is 0.710.